The Balaban J connectivity index is 1.16. The minimum atomic E-state index is 0.492. The van der Waals surface area contributed by atoms with Crippen LogP contribution in [0, 0.1) is 11.8 Å². The molecule has 0 amide bonds. The lowest BCUT2D eigenvalue weighted by molar-refractivity contribution is 0.0767. The average molecular weight is 357 g/mol. The molecular formula is C20H27N3O3. The normalized spacial score (nSPS) is 32.0. The van der Waals surface area contributed by atoms with Crippen molar-refractivity contribution in [3.63, 3.8) is 0 Å². The molecule has 1 aromatic rings. The monoisotopic (exact) mass is 357 g/mol. The van der Waals surface area contributed by atoms with Crippen LogP contribution in [0.15, 0.2) is 23.2 Å². The van der Waals surface area contributed by atoms with Crippen molar-refractivity contribution in [1.29, 1.82) is 0 Å². The van der Waals surface area contributed by atoms with E-state index in [2.05, 4.69) is 27.3 Å². The molecule has 4 heterocycles. The van der Waals surface area contributed by atoms with Crippen LogP contribution < -0.4 is 14.8 Å². The Morgan fingerprint density at radius 2 is 1.85 bits per heavy atom. The van der Waals surface area contributed by atoms with Crippen LogP contribution in [0.25, 0.3) is 0 Å². The summed E-state index contributed by atoms with van der Waals surface area (Å²) in [5, 5.41) is 3.54. The molecule has 4 unspecified atom stereocenters. The SMILES string of the molecule is CN=C(NCCc1ccc2c(c1)OCCO2)N1CC2C3CCC(O3)C2C1. The fourth-order valence-electron chi connectivity index (χ4n) is 5.03. The number of ether oxygens (including phenoxy) is 3. The van der Waals surface area contributed by atoms with E-state index in [1.807, 2.05) is 13.1 Å². The molecular weight excluding hydrogens is 330 g/mol. The van der Waals surface area contributed by atoms with Crippen molar-refractivity contribution in [3.05, 3.63) is 23.8 Å². The van der Waals surface area contributed by atoms with Gasteiger partial charge in [0.05, 0.1) is 12.2 Å². The Labute approximate surface area is 154 Å². The number of hydrogen-bond acceptors (Lipinski definition) is 4. The summed E-state index contributed by atoms with van der Waals surface area (Å²) in [5.41, 5.74) is 1.25. The number of nitrogens with one attached hydrogen (secondary N) is 1. The molecule has 140 valence electrons. The summed E-state index contributed by atoms with van der Waals surface area (Å²) in [6, 6.07) is 6.22. The van der Waals surface area contributed by atoms with Gasteiger partial charge in [-0.15, -0.1) is 0 Å². The largest absolute Gasteiger partial charge is 0.486 e. The Morgan fingerprint density at radius 1 is 1.12 bits per heavy atom. The number of fused-ring (bicyclic) bond motifs is 6. The van der Waals surface area contributed by atoms with Crippen molar-refractivity contribution in [2.45, 2.75) is 31.5 Å². The molecule has 0 saturated carbocycles. The fraction of sp³-hybridized carbons (Fsp3) is 0.650. The van der Waals surface area contributed by atoms with Gasteiger partial charge in [-0.1, -0.05) is 6.07 Å². The summed E-state index contributed by atoms with van der Waals surface area (Å²) < 4.78 is 17.3. The molecule has 0 aromatic heterocycles. The average Bonchev–Trinajstić information content (AvgIpc) is 3.38. The number of guanidine groups is 1. The van der Waals surface area contributed by atoms with Crippen molar-refractivity contribution >= 4 is 5.96 Å². The number of rotatable bonds is 3. The standard InChI is InChI=1S/C20H27N3O3/c1-21-20(23-11-14-15(12-23)17-5-4-16(14)26-17)22-7-6-13-2-3-18-19(10-13)25-9-8-24-18/h2-3,10,14-17H,4-9,11-12H2,1H3,(H,21,22). The minimum absolute atomic E-state index is 0.492. The third kappa shape index (κ3) is 2.80. The second-order valence-electron chi connectivity index (χ2n) is 7.73. The fourth-order valence-corrected chi connectivity index (χ4v) is 5.03. The van der Waals surface area contributed by atoms with Crippen molar-refractivity contribution < 1.29 is 14.2 Å². The van der Waals surface area contributed by atoms with Gasteiger partial charge in [0.2, 0.25) is 0 Å². The third-order valence-corrected chi connectivity index (χ3v) is 6.27. The summed E-state index contributed by atoms with van der Waals surface area (Å²) in [7, 11) is 1.88. The maximum Gasteiger partial charge on any atom is 0.193 e. The van der Waals surface area contributed by atoms with E-state index >= 15 is 0 Å². The highest BCUT2D eigenvalue weighted by molar-refractivity contribution is 5.80. The van der Waals surface area contributed by atoms with E-state index in [9.17, 15) is 0 Å². The van der Waals surface area contributed by atoms with Gasteiger partial charge in [0, 0.05) is 38.5 Å². The number of benzene rings is 1. The first-order chi connectivity index (χ1) is 12.8. The minimum Gasteiger partial charge on any atom is -0.486 e. The maximum atomic E-state index is 6.08. The van der Waals surface area contributed by atoms with E-state index in [0.29, 0.717) is 37.3 Å². The first-order valence-corrected chi connectivity index (χ1v) is 9.81. The zero-order valence-corrected chi connectivity index (χ0v) is 15.3. The topological polar surface area (TPSA) is 55.3 Å². The molecule has 5 rings (SSSR count). The van der Waals surface area contributed by atoms with Crippen LogP contribution in [0.4, 0.5) is 0 Å². The Bertz CT molecular complexity index is 690. The van der Waals surface area contributed by atoms with E-state index in [-0.39, 0.29) is 0 Å². The molecule has 0 radical (unpaired) electrons. The van der Waals surface area contributed by atoms with Gasteiger partial charge in [0.25, 0.3) is 0 Å². The molecule has 6 heteroatoms. The number of likely N-dealkylation sites (tertiary alicyclic amines) is 1. The molecule has 0 aliphatic carbocycles. The van der Waals surface area contributed by atoms with Gasteiger partial charge < -0.3 is 24.4 Å². The summed E-state index contributed by atoms with van der Waals surface area (Å²) >= 11 is 0. The lowest BCUT2D eigenvalue weighted by atomic mass is 9.82. The van der Waals surface area contributed by atoms with Crippen molar-refractivity contribution in [2.24, 2.45) is 16.8 Å². The molecule has 4 aliphatic heterocycles. The maximum absolute atomic E-state index is 6.08. The van der Waals surface area contributed by atoms with Gasteiger partial charge in [0.15, 0.2) is 17.5 Å². The van der Waals surface area contributed by atoms with Crippen LogP contribution in [0.5, 0.6) is 11.5 Å². The predicted octanol–water partition coefficient (Wildman–Crippen LogP) is 1.68. The first-order valence-electron chi connectivity index (χ1n) is 9.81. The Kier molecular flexibility index (Phi) is 4.15. The lowest BCUT2D eigenvalue weighted by Gasteiger charge is -2.23. The summed E-state index contributed by atoms with van der Waals surface area (Å²) in [6.07, 6.45) is 4.41. The summed E-state index contributed by atoms with van der Waals surface area (Å²) in [4.78, 5) is 6.94. The van der Waals surface area contributed by atoms with E-state index in [1.54, 1.807) is 0 Å². The molecule has 4 aliphatic rings. The summed E-state index contributed by atoms with van der Waals surface area (Å²) in [5.74, 6) is 4.14. The highest BCUT2D eigenvalue weighted by Crippen LogP contribution is 2.47. The molecule has 1 aromatic carbocycles. The molecule has 0 spiro atoms. The second kappa shape index (κ2) is 6.65. The van der Waals surface area contributed by atoms with Gasteiger partial charge in [0.1, 0.15) is 13.2 Å². The summed E-state index contributed by atoms with van der Waals surface area (Å²) in [6.45, 7) is 4.28. The predicted molar refractivity (Wildman–Crippen MR) is 98.9 cm³/mol. The van der Waals surface area contributed by atoms with Gasteiger partial charge in [-0.3, -0.25) is 4.99 Å². The highest BCUT2D eigenvalue weighted by Gasteiger charge is 2.53. The number of aliphatic imine (C=N–C) groups is 1. The molecule has 2 bridgehead atoms. The van der Waals surface area contributed by atoms with Crippen LogP contribution >= 0.6 is 0 Å². The zero-order chi connectivity index (χ0) is 17.5. The molecule has 26 heavy (non-hydrogen) atoms. The van der Waals surface area contributed by atoms with Gasteiger partial charge in [-0.05, 0) is 37.0 Å². The Morgan fingerprint density at radius 3 is 2.58 bits per heavy atom. The van der Waals surface area contributed by atoms with Gasteiger partial charge >= 0.3 is 0 Å². The van der Waals surface area contributed by atoms with Crippen LogP contribution in [-0.2, 0) is 11.2 Å². The van der Waals surface area contributed by atoms with Crippen molar-refractivity contribution in [3.8, 4) is 11.5 Å². The van der Waals surface area contributed by atoms with Crippen LogP contribution in [0.1, 0.15) is 18.4 Å². The van der Waals surface area contributed by atoms with Crippen molar-refractivity contribution in [2.75, 3.05) is 39.9 Å². The number of hydrogen-bond donors (Lipinski definition) is 1. The van der Waals surface area contributed by atoms with Gasteiger partial charge in [-0.2, -0.15) is 0 Å². The van der Waals surface area contributed by atoms with E-state index in [0.717, 1.165) is 43.5 Å². The molecule has 6 nitrogen and oxygen atoms in total. The molecule has 3 fully saturated rings. The number of nitrogens with zero attached hydrogens (tertiary/aromatic N) is 2. The zero-order valence-electron chi connectivity index (χ0n) is 15.3. The van der Waals surface area contributed by atoms with Gasteiger partial charge in [-0.25, -0.2) is 0 Å². The molecule has 1 N–H and O–H groups in total. The van der Waals surface area contributed by atoms with E-state index in [1.165, 1.54) is 18.4 Å². The van der Waals surface area contributed by atoms with Crippen LogP contribution in [-0.4, -0.2) is 63.0 Å². The highest BCUT2D eigenvalue weighted by atomic mass is 16.6. The Hall–Kier alpha value is -1.95. The van der Waals surface area contributed by atoms with E-state index in [4.69, 9.17) is 14.2 Å². The molecule has 4 atom stereocenters. The van der Waals surface area contributed by atoms with Crippen molar-refractivity contribution in [1.82, 2.24) is 10.2 Å². The molecule has 3 saturated heterocycles. The van der Waals surface area contributed by atoms with Crippen LogP contribution in [0.2, 0.25) is 0 Å². The van der Waals surface area contributed by atoms with Crippen LogP contribution in [0.3, 0.4) is 0 Å². The smallest absolute Gasteiger partial charge is 0.193 e. The third-order valence-electron chi connectivity index (χ3n) is 6.27. The van der Waals surface area contributed by atoms with E-state index < -0.39 is 0 Å². The quantitative estimate of drug-likeness (QED) is 0.659. The first kappa shape index (κ1) is 16.2. The second-order valence-corrected chi connectivity index (χ2v) is 7.73. The lowest BCUT2D eigenvalue weighted by Crippen LogP contribution is -2.42.